The maximum absolute atomic E-state index is 11.7. The van der Waals surface area contributed by atoms with Gasteiger partial charge >= 0.3 is 12.2 Å². The van der Waals surface area contributed by atoms with E-state index in [-0.39, 0.29) is 5.96 Å². The second kappa shape index (κ2) is 11.4. The summed E-state index contributed by atoms with van der Waals surface area (Å²) in [4.78, 5) is 25.3. The van der Waals surface area contributed by atoms with Gasteiger partial charge in [0.25, 0.3) is 0 Å². The first-order valence-electron chi connectivity index (χ1n) is 10.1. The SMILES string of the molecule is CC(C)(C)OC(=O)NCCCN(CCCNC(=O)OC(C)(C)C)C(=N)n1cccn1. The second-order valence-electron chi connectivity index (χ2n) is 8.83. The number of alkyl carbamates (subject to hydrolysis) is 2. The topological polar surface area (TPSA) is 122 Å². The zero-order valence-corrected chi connectivity index (χ0v) is 18.9. The molecule has 0 unspecified atom stereocenters. The number of nitrogens with zero attached hydrogens (tertiary/aromatic N) is 3. The van der Waals surface area contributed by atoms with Gasteiger partial charge in [0.15, 0.2) is 0 Å². The molecule has 0 fully saturated rings. The van der Waals surface area contributed by atoms with Crippen LogP contribution in [-0.2, 0) is 9.47 Å². The summed E-state index contributed by atoms with van der Waals surface area (Å²) in [7, 11) is 0. The lowest BCUT2D eigenvalue weighted by Gasteiger charge is -2.25. The molecule has 30 heavy (non-hydrogen) atoms. The minimum atomic E-state index is -0.542. The van der Waals surface area contributed by atoms with Crippen LogP contribution in [0, 0.1) is 5.41 Å². The van der Waals surface area contributed by atoms with Crippen LogP contribution < -0.4 is 10.6 Å². The minimum Gasteiger partial charge on any atom is -0.444 e. The van der Waals surface area contributed by atoms with E-state index < -0.39 is 23.4 Å². The van der Waals surface area contributed by atoms with E-state index in [0.29, 0.717) is 39.0 Å². The molecule has 0 bridgehead atoms. The molecule has 0 aliphatic rings. The summed E-state index contributed by atoms with van der Waals surface area (Å²) in [6.07, 6.45) is 3.65. The fourth-order valence-electron chi connectivity index (χ4n) is 2.41. The Morgan fingerprint density at radius 3 is 1.80 bits per heavy atom. The van der Waals surface area contributed by atoms with Crippen molar-refractivity contribution in [2.45, 2.75) is 65.6 Å². The molecule has 170 valence electrons. The van der Waals surface area contributed by atoms with Crippen molar-refractivity contribution in [3.05, 3.63) is 18.5 Å². The Hall–Kier alpha value is -2.78. The van der Waals surface area contributed by atoms with Crippen LogP contribution in [0.5, 0.6) is 0 Å². The first-order chi connectivity index (χ1) is 13.9. The van der Waals surface area contributed by atoms with Crippen LogP contribution >= 0.6 is 0 Å². The summed E-state index contributed by atoms with van der Waals surface area (Å²) < 4.78 is 11.9. The molecule has 0 atom stereocenters. The van der Waals surface area contributed by atoms with E-state index in [2.05, 4.69) is 15.7 Å². The van der Waals surface area contributed by atoms with E-state index in [9.17, 15) is 9.59 Å². The van der Waals surface area contributed by atoms with Gasteiger partial charge in [-0.2, -0.15) is 5.10 Å². The van der Waals surface area contributed by atoms with Crippen LogP contribution in [0.25, 0.3) is 0 Å². The van der Waals surface area contributed by atoms with Crippen LogP contribution in [0.2, 0.25) is 0 Å². The lowest BCUT2D eigenvalue weighted by molar-refractivity contribution is 0.0516. The molecule has 0 aliphatic heterocycles. The van der Waals surface area contributed by atoms with Gasteiger partial charge < -0.3 is 25.0 Å². The predicted molar refractivity (Wildman–Crippen MR) is 115 cm³/mol. The van der Waals surface area contributed by atoms with Crippen LogP contribution in [0.3, 0.4) is 0 Å². The number of nitrogens with one attached hydrogen (secondary N) is 3. The van der Waals surface area contributed by atoms with E-state index in [1.54, 1.807) is 18.5 Å². The smallest absolute Gasteiger partial charge is 0.407 e. The normalized spacial score (nSPS) is 11.5. The Labute approximate surface area is 178 Å². The van der Waals surface area contributed by atoms with Crippen LogP contribution in [-0.4, -0.2) is 70.2 Å². The summed E-state index contributed by atoms with van der Waals surface area (Å²) >= 11 is 0. The number of ether oxygens (including phenoxy) is 2. The van der Waals surface area contributed by atoms with Gasteiger partial charge in [-0.1, -0.05) is 0 Å². The zero-order valence-electron chi connectivity index (χ0n) is 18.9. The Morgan fingerprint density at radius 2 is 1.43 bits per heavy atom. The summed E-state index contributed by atoms with van der Waals surface area (Å²) in [5.41, 5.74) is -1.08. The lowest BCUT2D eigenvalue weighted by atomic mass is 10.2. The van der Waals surface area contributed by atoms with E-state index in [1.807, 2.05) is 46.4 Å². The molecule has 3 N–H and O–H groups in total. The highest BCUT2D eigenvalue weighted by Gasteiger charge is 2.17. The van der Waals surface area contributed by atoms with E-state index in [0.717, 1.165) is 0 Å². The molecule has 10 nitrogen and oxygen atoms in total. The van der Waals surface area contributed by atoms with Gasteiger partial charge in [0.05, 0.1) is 0 Å². The summed E-state index contributed by atoms with van der Waals surface area (Å²) in [5.74, 6) is 0.231. The Balaban J connectivity index is 2.47. The molecule has 0 aromatic carbocycles. The number of aromatic nitrogens is 2. The van der Waals surface area contributed by atoms with Gasteiger partial charge in [-0.05, 0) is 60.5 Å². The van der Waals surface area contributed by atoms with Gasteiger partial charge in [0.2, 0.25) is 5.96 Å². The third-order valence-electron chi connectivity index (χ3n) is 3.57. The van der Waals surface area contributed by atoms with Crippen molar-refractivity contribution in [3.63, 3.8) is 0 Å². The quantitative estimate of drug-likeness (QED) is 0.335. The van der Waals surface area contributed by atoms with Gasteiger partial charge in [0, 0.05) is 38.6 Å². The predicted octanol–water partition coefficient (Wildman–Crippen LogP) is 2.80. The van der Waals surface area contributed by atoms with Crippen molar-refractivity contribution in [3.8, 4) is 0 Å². The molecular weight excluding hydrogens is 388 g/mol. The minimum absolute atomic E-state index is 0.231. The fraction of sp³-hybridized carbons (Fsp3) is 0.700. The van der Waals surface area contributed by atoms with Gasteiger partial charge in [0.1, 0.15) is 11.2 Å². The zero-order chi connectivity index (χ0) is 22.8. The standard InChI is InChI=1S/C20H36N6O4/c1-19(2,3)29-17(27)22-10-7-13-25(16(21)26-15-9-12-24-26)14-8-11-23-18(28)30-20(4,5)6/h9,12,15,21H,7-8,10-11,13-14H2,1-6H3,(H,22,27)(H,23,28). The average molecular weight is 425 g/mol. The highest BCUT2D eigenvalue weighted by Crippen LogP contribution is 2.07. The van der Waals surface area contributed by atoms with Crippen molar-refractivity contribution >= 4 is 18.1 Å². The Kier molecular flexibility index (Phi) is 9.61. The number of hydrogen-bond donors (Lipinski definition) is 3. The van der Waals surface area contributed by atoms with Crippen LogP contribution in [0.1, 0.15) is 54.4 Å². The summed E-state index contributed by atoms with van der Waals surface area (Å²) in [5, 5.41) is 17.9. The van der Waals surface area contributed by atoms with E-state index >= 15 is 0 Å². The molecule has 2 amide bonds. The molecular formula is C20H36N6O4. The largest absolute Gasteiger partial charge is 0.444 e. The highest BCUT2D eigenvalue weighted by atomic mass is 16.6. The van der Waals surface area contributed by atoms with E-state index in [4.69, 9.17) is 14.9 Å². The van der Waals surface area contributed by atoms with Crippen LogP contribution in [0.15, 0.2) is 18.5 Å². The maximum Gasteiger partial charge on any atom is 0.407 e. The molecule has 0 spiro atoms. The average Bonchev–Trinajstić information content (AvgIpc) is 3.11. The fourth-order valence-corrected chi connectivity index (χ4v) is 2.41. The maximum atomic E-state index is 11.7. The van der Waals surface area contributed by atoms with Crippen molar-refractivity contribution in [1.29, 1.82) is 5.41 Å². The molecule has 10 heteroatoms. The molecule has 0 radical (unpaired) electrons. The van der Waals surface area contributed by atoms with Crippen molar-refractivity contribution < 1.29 is 19.1 Å². The molecule has 0 saturated carbocycles. The third-order valence-corrected chi connectivity index (χ3v) is 3.57. The Morgan fingerprint density at radius 1 is 0.967 bits per heavy atom. The van der Waals surface area contributed by atoms with E-state index in [1.165, 1.54) is 4.68 Å². The summed E-state index contributed by atoms with van der Waals surface area (Å²) in [6.45, 7) is 12.8. The molecule has 0 aliphatic carbocycles. The van der Waals surface area contributed by atoms with Crippen molar-refractivity contribution in [1.82, 2.24) is 25.3 Å². The molecule has 1 aromatic rings. The lowest BCUT2D eigenvalue weighted by Crippen LogP contribution is -2.40. The second-order valence-corrected chi connectivity index (χ2v) is 8.83. The van der Waals surface area contributed by atoms with Gasteiger partial charge in [-0.3, -0.25) is 5.41 Å². The number of hydrogen-bond acceptors (Lipinski definition) is 6. The first-order valence-corrected chi connectivity index (χ1v) is 10.1. The van der Waals surface area contributed by atoms with Crippen LogP contribution in [0.4, 0.5) is 9.59 Å². The highest BCUT2D eigenvalue weighted by molar-refractivity contribution is 5.78. The summed E-state index contributed by atoms with van der Waals surface area (Å²) in [6, 6.07) is 1.75. The number of carbonyl (C=O) groups excluding carboxylic acids is 2. The Bertz CT molecular complexity index is 640. The monoisotopic (exact) mass is 424 g/mol. The molecule has 0 saturated heterocycles. The first kappa shape index (κ1) is 25.3. The van der Waals surface area contributed by atoms with Gasteiger partial charge in [-0.15, -0.1) is 0 Å². The molecule has 1 heterocycles. The van der Waals surface area contributed by atoms with Gasteiger partial charge in [-0.25, -0.2) is 14.3 Å². The molecule has 1 aromatic heterocycles. The van der Waals surface area contributed by atoms with Crippen molar-refractivity contribution in [2.75, 3.05) is 26.2 Å². The number of rotatable bonds is 8. The molecule has 1 rings (SSSR count). The van der Waals surface area contributed by atoms with Crippen molar-refractivity contribution in [2.24, 2.45) is 0 Å². The number of carbonyl (C=O) groups is 2. The third kappa shape index (κ3) is 11.3. The number of amides is 2.